The number of carboxylic acid groups (broad SMARTS) is 1. The standard InChI is InChI=1S/C10H7NO3S/c12-8-7(10(13)14)15-9(11-8)6-4-2-1-3-5-6/h1-5,12H,(H,13,14). The molecule has 1 heterocycles. The fraction of sp³-hybridized carbons (Fsp3) is 0. The third kappa shape index (κ3) is 1.82. The van der Waals surface area contributed by atoms with Gasteiger partial charge in [0, 0.05) is 5.56 Å². The summed E-state index contributed by atoms with van der Waals surface area (Å²) in [5.74, 6) is -1.58. The average molecular weight is 221 g/mol. The zero-order valence-electron chi connectivity index (χ0n) is 7.54. The monoisotopic (exact) mass is 221 g/mol. The number of aromatic hydroxyl groups is 1. The van der Waals surface area contributed by atoms with Gasteiger partial charge in [0.2, 0.25) is 5.88 Å². The van der Waals surface area contributed by atoms with Crippen molar-refractivity contribution in [3.63, 3.8) is 0 Å². The van der Waals surface area contributed by atoms with E-state index in [1.807, 2.05) is 30.3 Å². The molecule has 0 fully saturated rings. The molecule has 0 saturated heterocycles. The van der Waals surface area contributed by atoms with Crippen LogP contribution in [0.3, 0.4) is 0 Å². The molecule has 0 saturated carbocycles. The molecule has 1 aromatic heterocycles. The minimum atomic E-state index is -1.16. The fourth-order valence-corrected chi connectivity index (χ4v) is 1.96. The Bertz CT molecular complexity index is 493. The first kappa shape index (κ1) is 9.67. The number of aromatic nitrogens is 1. The van der Waals surface area contributed by atoms with Crippen LogP contribution in [0.15, 0.2) is 30.3 Å². The number of carbonyl (C=O) groups is 1. The lowest BCUT2D eigenvalue weighted by molar-refractivity contribution is 0.0699. The number of carboxylic acids is 1. The smallest absolute Gasteiger partial charge is 0.351 e. The van der Waals surface area contributed by atoms with Gasteiger partial charge in [0.05, 0.1) is 0 Å². The maximum absolute atomic E-state index is 10.7. The van der Waals surface area contributed by atoms with Crippen molar-refractivity contribution < 1.29 is 15.0 Å². The SMILES string of the molecule is O=C(O)c1sc(-c2ccccc2)nc1O. The van der Waals surface area contributed by atoms with E-state index < -0.39 is 11.8 Å². The van der Waals surface area contributed by atoms with E-state index in [2.05, 4.69) is 4.98 Å². The van der Waals surface area contributed by atoms with E-state index >= 15 is 0 Å². The van der Waals surface area contributed by atoms with Crippen LogP contribution in [-0.4, -0.2) is 21.2 Å². The van der Waals surface area contributed by atoms with Gasteiger partial charge in [-0.15, -0.1) is 11.3 Å². The summed E-state index contributed by atoms with van der Waals surface area (Å²) in [7, 11) is 0. The number of hydrogen-bond acceptors (Lipinski definition) is 4. The molecule has 2 N–H and O–H groups in total. The van der Waals surface area contributed by atoms with Crippen molar-refractivity contribution in [2.75, 3.05) is 0 Å². The van der Waals surface area contributed by atoms with Crippen LogP contribution in [0.4, 0.5) is 0 Å². The highest BCUT2D eigenvalue weighted by molar-refractivity contribution is 7.17. The van der Waals surface area contributed by atoms with Gasteiger partial charge in [0.1, 0.15) is 5.01 Å². The highest BCUT2D eigenvalue weighted by Gasteiger charge is 2.16. The number of thiazole rings is 1. The van der Waals surface area contributed by atoms with Gasteiger partial charge in [-0.2, -0.15) is 0 Å². The maximum atomic E-state index is 10.7. The molecule has 2 rings (SSSR count). The first-order valence-electron chi connectivity index (χ1n) is 4.17. The second-order valence-corrected chi connectivity index (χ2v) is 3.84. The van der Waals surface area contributed by atoms with Crippen LogP contribution < -0.4 is 0 Å². The van der Waals surface area contributed by atoms with E-state index in [0.29, 0.717) is 5.01 Å². The number of rotatable bonds is 2. The molecule has 4 nitrogen and oxygen atoms in total. The van der Waals surface area contributed by atoms with E-state index in [-0.39, 0.29) is 4.88 Å². The highest BCUT2D eigenvalue weighted by Crippen LogP contribution is 2.31. The van der Waals surface area contributed by atoms with Crippen molar-refractivity contribution in [2.24, 2.45) is 0 Å². The van der Waals surface area contributed by atoms with Crippen molar-refractivity contribution >= 4 is 17.3 Å². The van der Waals surface area contributed by atoms with E-state index in [1.54, 1.807) is 0 Å². The molecule has 0 aliphatic heterocycles. The lowest BCUT2D eigenvalue weighted by atomic mass is 10.2. The van der Waals surface area contributed by atoms with Crippen molar-refractivity contribution in [1.29, 1.82) is 0 Å². The Morgan fingerprint density at radius 1 is 1.27 bits per heavy atom. The normalized spacial score (nSPS) is 10.1. The van der Waals surface area contributed by atoms with Crippen LogP contribution in [0.2, 0.25) is 0 Å². The van der Waals surface area contributed by atoms with E-state index in [4.69, 9.17) is 5.11 Å². The summed E-state index contributed by atoms with van der Waals surface area (Å²) in [6.45, 7) is 0. The number of aromatic carboxylic acids is 1. The summed E-state index contributed by atoms with van der Waals surface area (Å²) >= 11 is 0.960. The van der Waals surface area contributed by atoms with Gasteiger partial charge in [-0.3, -0.25) is 0 Å². The molecule has 76 valence electrons. The first-order chi connectivity index (χ1) is 7.18. The van der Waals surface area contributed by atoms with Gasteiger partial charge in [0.15, 0.2) is 4.88 Å². The molecule has 5 heteroatoms. The maximum Gasteiger partial charge on any atom is 0.351 e. The number of hydrogen-bond donors (Lipinski definition) is 2. The Labute approximate surface area is 89.5 Å². The summed E-state index contributed by atoms with van der Waals surface area (Å²) in [6.07, 6.45) is 0. The predicted octanol–water partition coefficient (Wildman–Crippen LogP) is 2.21. The van der Waals surface area contributed by atoms with E-state index in [1.165, 1.54) is 0 Å². The van der Waals surface area contributed by atoms with Crippen molar-refractivity contribution in [3.8, 4) is 16.5 Å². The first-order valence-corrected chi connectivity index (χ1v) is 4.98. The topological polar surface area (TPSA) is 70.4 Å². The Balaban J connectivity index is 2.48. The van der Waals surface area contributed by atoms with Crippen molar-refractivity contribution in [1.82, 2.24) is 4.98 Å². The van der Waals surface area contributed by atoms with Crippen LogP contribution >= 0.6 is 11.3 Å². The largest absolute Gasteiger partial charge is 0.492 e. The number of benzene rings is 1. The molecule has 0 aliphatic rings. The van der Waals surface area contributed by atoms with Crippen LogP contribution in [0.1, 0.15) is 9.67 Å². The summed E-state index contributed by atoms with van der Waals surface area (Å²) < 4.78 is 0. The minimum Gasteiger partial charge on any atom is -0.492 e. The van der Waals surface area contributed by atoms with Gasteiger partial charge in [-0.25, -0.2) is 9.78 Å². The second kappa shape index (κ2) is 3.70. The molecular weight excluding hydrogens is 214 g/mol. The van der Waals surface area contributed by atoms with Crippen LogP contribution in [0, 0.1) is 0 Å². The zero-order chi connectivity index (χ0) is 10.8. The summed E-state index contributed by atoms with van der Waals surface area (Å²) in [4.78, 5) is 14.3. The lowest BCUT2D eigenvalue weighted by Crippen LogP contribution is -1.91. The van der Waals surface area contributed by atoms with Crippen LogP contribution in [-0.2, 0) is 0 Å². The summed E-state index contributed by atoms with van der Waals surface area (Å²) in [6, 6.07) is 9.13. The van der Waals surface area contributed by atoms with Gasteiger partial charge < -0.3 is 10.2 Å². The van der Waals surface area contributed by atoms with Gasteiger partial charge in [-0.1, -0.05) is 30.3 Å². The van der Waals surface area contributed by atoms with Gasteiger partial charge >= 0.3 is 5.97 Å². The Kier molecular flexibility index (Phi) is 2.39. The highest BCUT2D eigenvalue weighted by atomic mass is 32.1. The third-order valence-corrected chi connectivity index (χ3v) is 2.91. The van der Waals surface area contributed by atoms with E-state index in [0.717, 1.165) is 16.9 Å². The lowest BCUT2D eigenvalue weighted by Gasteiger charge is -1.92. The Morgan fingerprint density at radius 2 is 1.93 bits per heavy atom. The van der Waals surface area contributed by atoms with Crippen molar-refractivity contribution in [2.45, 2.75) is 0 Å². The molecule has 2 aromatic rings. The van der Waals surface area contributed by atoms with Gasteiger partial charge in [-0.05, 0) is 0 Å². The number of nitrogens with zero attached hydrogens (tertiary/aromatic N) is 1. The summed E-state index contributed by atoms with van der Waals surface area (Å²) in [5, 5.41) is 18.5. The average Bonchev–Trinajstić information content (AvgIpc) is 2.62. The summed E-state index contributed by atoms with van der Waals surface area (Å²) in [5.41, 5.74) is 0.797. The molecule has 0 aliphatic carbocycles. The molecule has 15 heavy (non-hydrogen) atoms. The molecule has 0 unspecified atom stereocenters. The molecule has 0 amide bonds. The van der Waals surface area contributed by atoms with E-state index in [9.17, 15) is 9.90 Å². The Hall–Kier alpha value is -1.88. The molecular formula is C10H7NO3S. The second-order valence-electron chi connectivity index (χ2n) is 2.84. The van der Waals surface area contributed by atoms with Crippen LogP contribution in [0.25, 0.3) is 10.6 Å². The molecule has 0 radical (unpaired) electrons. The third-order valence-electron chi connectivity index (χ3n) is 1.82. The quantitative estimate of drug-likeness (QED) is 0.815. The van der Waals surface area contributed by atoms with Crippen molar-refractivity contribution in [3.05, 3.63) is 35.2 Å². The molecule has 0 bridgehead atoms. The Morgan fingerprint density at radius 3 is 2.47 bits per heavy atom. The fourth-order valence-electron chi connectivity index (χ4n) is 1.16. The van der Waals surface area contributed by atoms with Gasteiger partial charge in [0.25, 0.3) is 0 Å². The zero-order valence-corrected chi connectivity index (χ0v) is 8.36. The molecule has 0 spiro atoms. The molecule has 0 atom stereocenters. The predicted molar refractivity (Wildman–Crippen MR) is 56.2 cm³/mol. The minimum absolute atomic E-state index is 0.131. The van der Waals surface area contributed by atoms with Crippen LogP contribution in [0.5, 0.6) is 5.88 Å². The molecule has 1 aromatic carbocycles.